The van der Waals surface area contributed by atoms with Crippen molar-refractivity contribution in [1.82, 2.24) is 9.55 Å². The Hall–Kier alpha value is -1.89. The number of imidazole rings is 1. The number of aromatic nitrogens is 2. The molecule has 1 aromatic carbocycles. The Kier molecular flexibility index (Phi) is 4.89. The quantitative estimate of drug-likeness (QED) is 0.410. The molecule has 1 aliphatic rings. The highest BCUT2D eigenvalue weighted by Gasteiger charge is 2.41. The Morgan fingerprint density at radius 3 is 2.79 bits per heavy atom. The summed E-state index contributed by atoms with van der Waals surface area (Å²) in [6.07, 6.45) is 3.31. The number of carbonyl (C=O) groups is 1. The van der Waals surface area contributed by atoms with E-state index < -0.39 is 11.6 Å². The predicted octanol–water partition coefficient (Wildman–Crippen LogP) is 3.36. The fraction of sp³-hybridized carbons (Fsp3) is 0.278. The molecule has 0 spiro atoms. The Balaban J connectivity index is 1.90. The first-order chi connectivity index (χ1) is 11.6. The van der Waals surface area contributed by atoms with Crippen molar-refractivity contribution in [1.29, 1.82) is 0 Å². The second-order valence-electron chi connectivity index (χ2n) is 5.67. The van der Waals surface area contributed by atoms with Gasteiger partial charge in [0.1, 0.15) is 3.70 Å². The summed E-state index contributed by atoms with van der Waals surface area (Å²) >= 11 is 2.05. The molecule has 3 rings (SSSR count). The predicted molar refractivity (Wildman–Crippen MR) is 97.9 cm³/mol. The first-order valence-corrected chi connectivity index (χ1v) is 8.59. The third kappa shape index (κ3) is 3.17. The van der Waals surface area contributed by atoms with Crippen molar-refractivity contribution >= 4 is 28.6 Å². The topological polar surface area (TPSA) is 53.3 Å². The zero-order chi connectivity index (χ0) is 17.2. The lowest BCUT2D eigenvalue weighted by Gasteiger charge is -2.37. The number of esters is 1. The number of carbonyl (C=O) groups excluding carboxylic acids is 1. The van der Waals surface area contributed by atoms with Gasteiger partial charge in [0.15, 0.2) is 11.3 Å². The maximum Gasteiger partial charge on any atom is 0.358 e. The molecule has 1 aromatic heterocycles. The second kappa shape index (κ2) is 6.93. The first-order valence-electron chi connectivity index (χ1n) is 7.52. The molecular formula is C18H17IN2O3. The third-order valence-corrected chi connectivity index (χ3v) is 4.78. The van der Waals surface area contributed by atoms with E-state index in [1.165, 1.54) is 0 Å². The van der Waals surface area contributed by atoms with Crippen LogP contribution in [-0.4, -0.2) is 34.3 Å². The SMILES string of the molecule is C=C=CC1(OC(=O)c2c(I)ncn2[C@H](C)c2ccccc2)COC1. The standard InChI is InChI=1S/C18H17IN2O3/c1-3-9-18(10-23-11-18)24-17(22)15-16(19)20-12-21(15)13(2)14-7-5-4-6-8-14/h4-9,12-13H,1,10-11H2,2H3/t13-/m1/s1. The molecule has 5 nitrogen and oxygen atoms in total. The Labute approximate surface area is 154 Å². The van der Waals surface area contributed by atoms with Gasteiger partial charge in [-0.3, -0.25) is 0 Å². The van der Waals surface area contributed by atoms with E-state index in [0.717, 1.165) is 5.56 Å². The summed E-state index contributed by atoms with van der Waals surface area (Å²) in [7, 11) is 0. The number of hydrogen-bond donors (Lipinski definition) is 0. The van der Waals surface area contributed by atoms with Gasteiger partial charge in [-0.25, -0.2) is 9.78 Å². The lowest BCUT2D eigenvalue weighted by molar-refractivity contribution is -0.152. The molecule has 0 bridgehead atoms. The smallest absolute Gasteiger partial charge is 0.358 e. The van der Waals surface area contributed by atoms with E-state index in [-0.39, 0.29) is 6.04 Å². The van der Waals surface area contributed by atoms with Gasteiger partial charge in [0.2, 0.25) is 0 Å². The molecule has 0 radical (unpaired) electrons. The van der Waals surface area contributed by atoms with Crippen LogP contribution in [0.3, 0.4) is 0 Å². The van der Waals surface area contributed by atoms with Gasteiger partial charge < -0.3 is 14.0 Å². The molecule has 1 atom stereocenters. The maximum atomic E-state index is 12.8. The van der Waals surface area contributed by atoms with Crippen molar-refractivity contribution in [3.05, 3.63) is 70.0 Å². The largest absolute Gasteiger partial charge is 0.444 e. The Morgan fingerprint density at radius 2 is 2.21 bits per heavy atom. The third-order valence-electron chi connectivity index (χ3n) is 4.00. The van der Waals surface area contributed by atoms with E-state index in [9.17, 15) is 4.79 Å². The molecule has 0 N–H and O–H groups in total. The van der Waals surface area contributed by atoms with Crippen LogP contribution in [0.2, 0.25) is 0 Å². The van der Waals surface area contributed by atoms with Gasteiger partial charge in [-0.2, -0.15) is 0 Å². The summed E-state index contributed by atoms with van der Waals surface area (Å²) in [5.74, 6) is -0.422. The van der Waals surface area contributed by atoms with E-state index >= 15 is 0 Å². The summed E-state index contributed by atoms with van der Waals surface area (Å²) in [4.78, 5) is 17.0. The molecular weight excluding hydrogens is 419 g/mol. The van der Waals surface area contributed by atoms with Crippen molar-refractivity contribution in [3.8, 4) is 0 Å². The summed E-state index contributed by atoms with van der Waals surface area (Å²) in [6.45, 7) is 6.22. The van der Waals surface area contributed by atoms with E-state index in [4.69, 9.17) is 9.47 Å². The van der Waals surface area contributed by atoms with E-state index in [1.807, 2.05) is 64.4 Å². The van der Waals surface area contributed by atoms with Crippen LogP contribution in [0.15, 0.2) is 55.0 Å². The summed E-state index contributed by atoms with van der Waals surface area (Å²) in [5.41, 5.74) is 3.44. The van der Waals surface area contributed by atoms with Crippen LogP contribution in [0.1, 0.15) is 29.0 Å². The number of nitrogens with zero attached hydrogens (tertiary/aromatic N) is 2. The van der Waals surface area contributed by atoms with Crippen molar-refractivity contribution in [2.45, 2.75) is 18.6 Å². The van der Waals surface area contributed by atoms with Crippen LogP contribution in [0.5, 0.6) is 0 Å². The number of rotatable bonds is 5. The molecule has 0 aliphatic carbocycles. The fourth-order valence-electron chi connectivity index (χ4n) is 2.61. The van der Waals surface area contributed by atoms with Crippen molar-refractivity contribution in [2.75, 3.05) is 13.2 Å². The minimum atomic E-state index is -0.771. The second-order valence-corrected chi connectivity index (χ2v) is 6.70. The van der Waals surface area contributed by atoms with Gasteiger partial charge in [0, 0.05) is 6.08 Å². The lowest BCUT2D eigenvalue weighted by Crippen LogP contribution is -2.51. The molecule has 1 saturated heterocycles. The van der Waals surface area contributed by atoms with Gasteiger partial charge in [-0.15, -0.1) is 5.73 Å². The zero-order valence-corrected chi connectivity index (χ0v) is 15.4. The number of benzene rings is 1. The van der Waals surface area contributed by atoms with Gasteiger partial charge in [-0.1, -0.05) is 36.9 Å². The van der Waals surface area contributed by atoms with Gasteiger partial charge in [-0.05, 0) is 35.1 Å². The molecule has 1 aliphatic heterocycles. The summed E-state index contributed by atoms with van der Waals surface area (Å²) in [5, 5.41) is 0. The van der Waals surface area contributed by atoms with E-state index in [0.29, 0.717) is 22.6 Å². The monoisotopic (exact) mass is 436 g/mol. The normalized spacial score (nSPS) is 16.6. The van der Waals surface area contributed by atoms with Crippen LogP contribution >= 0.6 is 22.6 Å². The molecule has 0 amide bonds. The average molecular weight is 436 g/mol. The molecule has 2 aromatic rings. The summed E-state index contributed by atoms with van der Waals surface area (Å²) < 4.78 is 13.3. The Morgan fingerprint density at radius 1 is 1.50 bits per heavy atom. The maximum absolute atomic E-state index is 12.8. The number of halogens is 1. The highest BCUT2D eigenvalue weighted by Crippen LogP contribution is 2.28. The van der Waals surface area contributed by atoms with Gasteiger partial charge in [0.25, 0.3) is 0 Å². The Bertz CT molecular complexity index is 790. The number of ether oxygens (including phenoxy) is 2. The van der Waals surface area contributed by atoms with E-state index in [1.54, 1.807) is 12.4 Å². The molecule has 2 heterocycles. The number of hydrogen-bond acceptors (Lipinski definition) is 4. The zero-order valence-electron chi connectivity index (χ0n) is 13.2. The van der Waals surface area contributed by atoms with Crippen molar-refractivity contribution in [3.63, 3.8) is 0 Å². The fourth-order valence-corrected chi connectivity index (χ4v) is 3.23. The minimum absolute atomic E-state index is 0.0340. The van der Waals surface area contributed by atoms with Crippen LogP contribution in [0.4, 0.5) is 0 Å². The van der Waals surface area contributed by atoms with Crippen molar-refractivity contribution < 1.29 is 14.3 Å². The molecule has 124 valence electrons. The van der Waals surface area contributed by atoms with Crippen LogP contribution in [0.25, 0.3) is 0 Å². The molecule has 24 heavy (non-hydrogen) atoms. The molecule has 0 saturated carbocycles. The first kappa shape index (κ1) is 17.0. The van der Waals surface area contributed by atoms with Gasteiger partial charge >= 0.3 is 5.97 Å². The van der Waals surface area contributed by atoms with Crippen LogP contribution in [0, 0.1) is 3.70 Å². The molecule has 0 unspecified atom stereocenters. The van der Waals surface area contributed by atoms with E-state index in [2.05, 4.69) is 17.3 Å². The highest BCUT2D eigenvalue weighted by molar-refractivity contribution is 14.1. The average Bonchev–Trinajstić information content (AvgIpc) is 2.94. The molecule has 1 fully saturated rings. The lowest BCUT2D eigenvalue weighted by atomic mass is 10.0. The summed E-state index contributed by atoms with van der Waals surface area (Å²) in [6, 6.07) is 9.92. The van der Waals surface area contributed by atoms with Gasteiger partial charge in [0.05, 0.1) is 25.6 Å². The van der Waals surface area contributed by atoms with Crippen molar-refractivity contribution in [2.24, 2.45) is 0 Å². The minimum Gasteiger partial charge on any atom is -0.444 e. The highest BCUT2D eigenvalue weighted by atomic mass is 127. The van der Waals surface area contributed by atoms with Crippen LogP contribution in [-0.2, 0) is 9.47 Å². The van der Waals surface area contributed by atoms with Crippen LogP contribution < -0.4 is 0 Å². The molecule has 6 heteroatoms.